The van der Waals surface area contributed by atoms with Gasteiger partial charge < -0.3 is 5.32 Å². The monoisotopic (exact) mass is 252 g/mol. The molecule has 0 aliphatic carbocycles. The zero-order valence-electron chi connectivity index (χ0n) is 12.5. The van der Waals surface area contributed by atoms with Crippen molar-refractivity contribution in [2.24, 2.45) is 0 Å². The maximum atomic E-state index is 3.74. The lowest BCUT2D eigenvalue weighted by molar-refractivity contribution is 0.0753. The van der Waals surface area contributed by atoms with Crippen molar-refractivity contribution in [3.63, 3.8) is 0 Å². The predicted octanol–water partition coefficient (Wildman–Crippen LogP) is 3.56. The molecule has 2 nitrogen and oxygen atoms in total. The molecular weight excluding hydrogens is 220 g/mol. The van der Waals surface area contributed by atoms with Crippen LogP contribution in [0.2, 0.25) is 0 Å². The van der Waals surface area contributed by atoms with Gasteiger partial charge in [0.15, 0.2) is 0 Å². The molecule has 0 radical (unpaired) electrons. The van der Waals surface area contributed by atoms with Crippen LogP contribution in [0, 0.1) is 0 Å². The minimum atomic E-state index is 0.791. The smallest absolute Gasteiger partial charge is 0.0252 e. The molecule has 2 heterocycles. The average molecular weight is 252 g/mol. The number of unbranched alkanes of at least 4 members (excludes halogenated alkanes) is 2. The van der Waals surface area contributed by atoms with Crippen LogP contribution in [-0.4, -0.2) is 36.1 Å². The van der Waals surface area contributed by atoms with Gasteiger partial charge >= 0.3 is 0 Å². The fourth-order valence-electron chi connectivity index (χ4n) is 3.85. The summed E-state index contributed by atoms with van der Waals surface area (Å²) in [5.41, 5.74) is 0. The zero-order chi connectivity index (χ0) is 12.8. The van der Waals surface area contributed by atoms with E-state index in [-0.39, 0.29) is 0 Å². The number of piperidine rings is 1. The Morgan fingerprint density at radius 2 is 2.06 bits per heavy atom. The Bertz CT molecular complexity index is 223. The summed E-state index contributed by atoms with van der Waals surface area (Å²) in [4.78, 5) is 2.84. The zero-order valence-corrected chi connectivity index (χ0v) is 12.5. The molecule has 0 amide bonds. The first-order valence-electron chi connectivity index (χ1n) is 8.32. The highest BCUT2D eigenvalue weighted by Crippen LogP contribution is 2.27. The maximum absolute atomic E-state index is 3.74. The summed E-state index contributed by atoms with van der Waals surface area (Å²) in [5, 5.41) is 3.74. The fourth-order valence-corrected chi connectivity index (χ4v) is 3.85. The largest absolute Gasteiger partial charge is 0.312 e. The van der Waals surface area contributed by atoms with E-state index in [1.54, 1.807) is 0 Å². The molecule has 2 aliphatic heterocycles. The van der Waals surface area contributed by atoms with E-state index in [9.17, 15) is 0 Å². The van der Waals surface area contributed by atoms with Crippen molar-refractivity contribution < 1.29 is 0 Å². The van der Waals surface area contributed by atoms with Crippen LogP contribution >= 0.6 is 0 Å². The van der Waals surface area contributed by atoms with Crippen molar-refractivity contribution in [1.29, 1.82) is 0 Å². The van der Waals surface area contributed by atoms with Crippen molar-refractivity contribution in [2.75, 3.05) is 13.1 Å². The van der Waals surface area contributed by atoms with Crippen LogP contribution in [0.4, 0.5) is 0 Å². The summed E-state index contributed by atoms with van der Waals surface area (Å²) in [6, 6.07) is 2.42. The minimum Gasteiger partial charge on any atom is -0.312 e. The molecule has 1 N–H and O–H groups in total. The fraction of sp³-hybridized carbons (Fsp3) is 1.00. The number of hydrogen-bond donors (Lipinski definition) is 1. The summed E-state index contributed by atoms with van der Waals surface area (Å²) in [6.07, 6.45) is 12.7. The average Bonchev–Trinajstić information content (AvgIpc) is 2.93. The number of likely N-dealkylation sites (tertiary alicyclic amines) is 1. The van der Waals surface area contributed by atoms with Gasteiger partial charge in [0.1, 0.15) is 0 Å². The van der Waals surface area contributed by atoms with Gasteiger partial charge in [-0.25, -0.2) is 0 Å². The normalized spacial score (nSPS) is 31.7. The topological polar surface area (TPSA) is 15.3 Å². The molecule has 2 fully saturated rings. The van der Waals surface area contributed by atoms with E-state index in [1.165, 1.54) is 70.9 Å². The van der Waals surface area contributed by atoms with Crippen LogP contribution in [0.5, 0.6) is 0 Å². The second kappa shape index (κ2) is 7.49. The first-order valence-corrected chi connectivity index (χ1v) is 8.32. The number of nitrogens with zero attached hydrogens (tertiary/aromatic N) is 1. The van der Waals surface area contributed by atoms with Crippen LogP contribution in [0.15, 0.2) is 0 Å². The molecule has 3 atom stereocenters. The minimum absolute atomic E-state index is 0.791. The number of rotatable bonds is 6. The first kappa shape index (κ1) is 14.3. The quantitative estimate of drug-likeness (QED) is 0.727. The molecule has 2 aliphatic rings. The summed E-state index contributed by atoms with van der Waals surface area (Å²) < 4.78 is 0. The third-order valence-corrected chi connectivity index (χ3v) is 4.95. The van der Waals surface area contributed by atoms with E-state index < -0.39 is 0 Å². The molecule has 0 spiro atoms. The Balaban J connectivity index is 1.85. The van der Waals surface area contributed by atoms with Crippen LogP contribution in [0.25, 0.3) is 0 Å². The van der Waals surface area contributed by atoms with Gasteiger partial charge in [-0.2, -0.15) is 0 Å². The van der Waals surface area contributed by atoms with Crippen molar-refractivity contribution in [2.45, 2.75) is 89.8 Å². The van der Waals surface area contributed by atoms with E-state index in [4.69, 9.17) is 0 Å². The van der Waals surface area contributed by atoms with Gasteiger partial charge in [-0.3, -0.25) is 4.90 Å². The first-order chi connectivity index (χ1) is 8.83. The number of nitrogens with one attached hydrogen (secondary N) is 1. The van der Waals surface area contributed by atoms with E-state index in [2.05, 4.69) is 24.1 Å². The van der Waals surface area contributed by atoms with E-state index >= 15 is 0 Å². The number of hydrogen-bond acceptors (Lipinski definition) is 2. The Morgan fingerprint density at radius 3 is 2.78 bits per heavy atom. The van der Waals surface area contributed by atoms with Crippen LogP contribution < -0.4 is 5.32 Å². The lowest BCUT2D eigenvalue weighted by Crippen LogP contribution is -2.53. The molecule has 0 bridgehead atoms. The molecule has 0 saturated carbocycles. The highest BCUT2D eigenvalue weighted by Gasteiger charge is 2.33. The van der Waals surface area contributed by atoms with Gasteiger partial charge in [-0.05, 0) is 52.1 Å². The van der Waals surface area contributed by atoms with E-state index in [0.29, 0.717) is 0 Å². The van der Waals surface area contributed by atoms with Crippen molar-refractivity contribution in [1.82, 2.24) is 10.2 Å². The molecule has 106 valence electrons. The van der Waals surface area contributed by atoms with Crippen molar-refractivity contribution in [3.05, 3.63) is 0 Å². The summed E-state index contributed by atoms with van der Waals surface area (Å²) >= 11 is 0. The van der Waals surface area contributed by atoms with E-state index in [1.807, 2.05) is 0 Å². The predicted molar refractivity (Wildman–Crippen MR) is 79.0 cm³/mol. The Hall–Kier alpha value is -0.0800. The third kappa shape index (κ3) is 3.71. The summed E-state index contributed by atoms with van der Waals surface area (Å²) in [6.45, 7) is 7.36. The summed E-state index contributed by atoms with van der Waals surface area (Å²) in [7, 11) is 0. The second-order valence-corrected chi connectivity index (χ2v) is 6.35. The van der Waals surface area contributed by atoms with Gasteiger partial charge in [0, 0.05) is 18.1 Å². The third-order valence-electron chi connectivity index (χ3n) is 4.95. The van der Waals surface area contributed by atoms with Gasteiger partial charge in [0.05, 0.1) is 0 Å². The van der Waals surface area contributed by atoms with Crippen molar-refractivity contribution in [3.8, 4) is 0 Å². The molecule has 18 heavy (non-hydrogen) atoms. The lowest BCUT2D eigenvalue weighted by atomic mass is 9.92. The SMILES string of the molecule is CCCCCC(C)N1CCCCC1C1CCCN1. The molecule has 2 heteroatoms. The molecule has 0 aromatic carbocycles. The maximum Gasteiger partial charge on any atom is 0.0252 e. The molecular formula is C16H32N2. The molecule has 3 unspecified atom stereocenters. The molecule has 2 saturated heterocycles. The van der Waals surface area contributed by atoms with Gasteiger partial charge in [-0.15, -0.1) is 0 Å². The van der Waals surface area contributed by atoms with Gasteiger partial charge in [0.2, 0.25) is 0 Å². The summed E-state index contributed by atoms with van der Waals surface area (Å²) in [5.74, 6) is 0. The van der Waals surface area contributed by atoms with Crippen LogP contribution in [0.1, 0.15) is 71.6 Å². The molecule has 2 rings (SSSR count). The van der Waals surface area contributed by atoms with Gasteiger partial charge in [0.25, 0.3) is 0 Å². The van der Waals surface area contributed by atoms with E-state index in [0.717, 1.165) is 18.1 Å². The van der Waals surface area contributed by atoms with Crippen LogP contribution in [-0.2, 0) is 0 Å². The Kier molecular flexibility index (Phi) is 5.97. The highest BCUT2D eigenvalue weighted by molar-refractivity contribution is 4.92. The van der Waals surface area contributed by atoms with Gasteiger partial charge in [-0.1, -0.05) is 32.6 Å². The molecule has 0 aromatic rings. The standard InChI is InChI=1S/C16H32N2/c1-3-4-5-9-14(2)18-13-7-6-11-16(18)15-10-8-12-17-15/h14-17H,3-13H2,1-2H3. The Labute approximate surface area is 114 Å². The highest BCUT2D eigenvalue weighted by atomic mass is 15.2. The Morgan fingerprint density at radius 1 is 1.17 bits per heavy atom. The van der Waals surface area contributed by atoms with Crippen molar-refractivity contribution >= 4 is 0 Å². The second-order valence-electron chi connectivity index (χ2n) is 6.35. The molecule has 0 aromatic heterocycles. The van der Waals surface area contributed by atoms with Crippen LogP contribution in [0.3, 0.4) is 0 Å². The lowest BCUT2D eigenvalue weighted by Gasteiger charge is -2.43.